The Labute approximate surface area is 127 Å². The smallest absolute Gasteiger partial charge is 0.222 e. The van der Waals surface area contributed by atoms with E-state index in [0.717, 1.165) is 37.9 Å². The number of nitrogens with two attached hydrogens (primary N) is 1. The quantitative estimate of drug-likeness (QED) is 0.902. The lowest BCUT2D eigenvalue weighted by molar-refractivity contribution is -0.132. The maximum atomic E-state index is 12.3. The van der Waals surface area contributed by atoms with Crippen molar-refractivity contribution in [3.63, 3.8) is 0 Å². The fourth-order valence-corrected chi connectivity index (χ4v) is 2.94. The van der Waals surface area contributed by atoms with Gasteiger partial charge >= 0.3 is 0 Å². The third-order valence-corrected chi connectivity index (χ3v) is 4.44. The summed E-state index contributed by atoms with van der Waals surface area (Å²) in [5.74, 6) is 0.249. The number of hydrogen-bond donors (Lipinski definition) is 1. The molecule has 0 bridgehead atoms. The van der Waals surface area contributed by atoms with Gasteiger partial charge in [-0.2, -0.15) is 0 Å². The van der Waals surface area contributed by atoms with Crippen molar-refractivity contribution in [2.45, 2.75) is 37.8 Å². The lowest BCUT2D eigenvalue weighted by Crippen LogP contribution is -2.44. The van der Waals surface area contributed by atoms with Gasteiger partial charge in [-0.25, -0.2) is 0 Å². The van der Waals surface area contributed by atoms with Crippen LogP contribution in [0.1, 0.15) is 37.3 Å². The van der Waals surface area contributed by atoms with Crippen LogP contribution in [0, 0.1) is 0 Å². The topological polar surface area (TPSA) is 49.6 Å². The van der Waals surface area contributed by atoms with Crippen LogP contribution in [0.5, 0.6) is 0 Å². The van der Waals surface area contributed by atoms with Gasteiger partial charge in [0.15, 0.2) is 0 Å². The largest absolute Gasteiger partial charge is 0.343 e. The first-order valence-corrected chi connectivity index (χ1v) is 7.82. The fraction of sp³-hybridized carbons (Fsp3) is 0.588. The summed E-state index contributed by atoms with van der Waals surface area (Å²) < 4.78 is 0. The third-order valence-electron chi connectivity index (χ3n) is 4.44. The number of carbonyl (C=O) groups is 1. The molecule has 0 radical (unpaired) electrons. The molecule has 0 aliphatic carbocycles. The standard InChI is InChI=1S/C17H27N3O/c1-19(2)15-10-12-20(13-11-15)17(21)9-8-16(18)14-6-4-3-5-7-14/h3-7,15-16H,8-13,18H2,1-2H3. The second kappa shape index (κ2) is 7.57. The van der Waals surface area contributed by atoms with Gasteiger partial charge in [-0.05, 0) is 38.9 Å². The van der Waals surface area contributed by atoms with Gasteiger partial charge in [0.05, 0.1) is 0 Å². The number of likely N-dealkylation sites (tertiary alicyclic amines) is 1. The third kappa shape index (κ3) is 4.55. The minimum Gasteiger partial charge on any atom is -0.343 e. The van der Waals surface area contributed by atoms with Crippen LogP contribution in [0.15, 0.2) is 30.3 Å². The number of piperidine rings is 1. The number of carbonyl (C=O) groups excluding carboxylic acids is 1. The minimum absolute atomic E-state index is 0.0468. The summed E-state index contributed by atoms with van der Waals surface area (Å²) in [6, 6.07) is 10.6. The van der Waals surface area contributed by atoms with E-state index < -0.39 is 0 Å². The van der Waals surface area contributed by atoms with E-state index in [1.807, 2.05) is 35.2 Å². The second-order valence-corrected chi connectivity index (χ2v) is 6.13. The van der Waals surface area contributed by atoms with Gasteiger partial charge in [-0.3, -0.25) is 4.79 Å². The van der Waals surface area contributed by atoms with E-state index in [9.17, 15) is 4.79 Å². The SMILES string of the molecule is CN(C)C1CCN(C(=O)CCC(N)c2ccccc2)CC1. The van der Waals surface area contributed by atoms with Crippen LogP contribution in [0.3, 0.4) is 0 Å². The average molecular weight is 289 g/mol. The molecular formula is C17H27N3O. The first kappa shape index (κ1) is 16.0. The molecule has 0 aromatic heterocycles. The summed E-state index contributed by atoms with van der Waals surface area (Å²) in [6.45, 7) is 1.75. The molecule has 1 amide bonds. The summed E-state index contributed by atoms with van der Waals surface area (Å²) >= 11 is 0. The highest BCUT2D eigenvalue weighted by molar-refractivity contribution is 5.76. The summed E-state index contributed by atoms with van der Waals surface area (Å²) in [5, 5.41) is 0. The number of nitrogens with zero attached hydrogens (tertiary/aromatic N) is 2. The molecule has 0 saturated carbocycles. The molecule has 1 saturated heterocycles. The van der Waals surface area contributed by atoms with E-state index in [2.05, 4.69) is 19.0 Å². The first-order chi connectivity index (χ1) is 10.1. The average Bonchev–Trinajstić information content (AvgIpc) is 2.53. The zero-order chi connectivity index (χ0) is 15.2. The van der Waals surface area contributed by atoms with Crippen LogP contribution in [0.25, 0.3) is 0 Å². The van der Waals surface area contributed by atoms with E-state index in [0.29, 0.717) is 12.5 Å². The molecule has 1 aromatic carbocycles. The predicted octanol–water partition coefficient (Wildman–Crippen LogP) is 2.02. The van der Waals surface area contributed by atoms with E-state index in [1.165, 1.54) is 0 Å². The summed E-state index contributed by atoms with van der Waals surface area (Å²) in [6.07, 6.45) is 3.41. The molecule has 1 aliphatic heterocycles. The molecule has 1 aromatic rings. The van der Waals surface area contributed by atoms with Crippen molar-refractivity contribution in [2.24, 2.45) is 5.73 Å². The monoisotopic (exact) mass is 289 g/mol. The Morgan fingerprint density at radius 2 is 1.90 bits per heavy atom. The molecule has 1 aliphatic rings. The Balaban J connectivity index is 1.75. The van der Waals surface area contributed by atoms with Crippen molar-refractivity contribution in [1.82, 2.24) is 9.80 Å². The molecule has 4 heteroatoms. The number of amides is 1. The van der Waals surface area contributed by atoms with Gasteiger partial charge in [-0.15, -0.1) is 0 Å². The maximum Gasteiger partial charge on any atom is 0.222 e. The summed E-state index contributed by atoms with van der Waals surface area (Å²) in [7, 11) is 4.22. The summed E-state index contributed by atoms with van der Waals surface area (Å²) in [5.41, 5.74) is 7.27. The molecule has 1 atom stereocenters. The highest BCUT2D eigenvalue weighted by Crippen LogP contribution is 2.18. The molecule has 0 spiro atoms. The highest BCUT2D eigenvalue weighted by atomic mass is 16.2. The lowest BCUT2D eigenvalue weighted by Gasteiger charge is -2.35. The maximum absolute atomic E-state index is 12.3. The molecule has 21 heavy (non-hydrogen) atoms. The zero-order valence-electron chi connectivity index (χ0n) is 13.2. The van der Waals surface area contributed by atoms with Gasteiger partial charge in [-0.1, -0.05) is 30.3 Å². The van der Waals surface area contributed by atoms with Crippen LogP contribution >= 0.6 is 0 Å². The molecule has 4 nitrogen and oxygen atoms in total. The van der Waals surface area contributed by atoms with Gasteiger partial charge in [0.2, 0.25) is 5.91 Å². The van der Waals surface area contributed by atoms with Crippen LogP contribution in [0.2, 0.25) is 0 Å². The van der Waals surface area contributed by atoms with Crippen molar-refractivity contribution < 1.29 is 4.79 Å². The highest BCUT2D eigenvalue weighted by Gasteiger charge is 2.23. The number of hydrogen-bond acceptors (Lipinski definition) is 3. The van der Waals surface area contributed by atoms with Gasteiger partial charge in [0.1, 0.15) is 0 Å². The van der Waals surface area contributed by atoms with Crippen LogP contribution in [0.4, 0.5) is 0 Å². The minimum atomic E-state index is -0.0468. The lowest BCUT2D eigenvalue weighted by atomic mass is 10.0. The fourth-order valence-electron chi connectivity index (χ4n) is 2.94. The molecule has 2 N–H and O–H groups in total. The van der Waals surface area contributed by atoms with E-state index in [4.69, 9.17) is 5.73 Å². The molecule has 116 valence electrons. The van der Waals surface area contributed by atoms with Crippen molar-refractivity contribution in [3.8, 4) is 0 Å². The van der Waals surface area contributed by atoms with Crippen molar-refractivity contribution in [3.05, 3.63) is 35.9 Å². The van der Waals surface area contributed by atoms with Crippen molar-refractivity contribution in [1.29, 1.82) is 0 Å². The Morgan fingerprint density at radius 3 is 2.48 bits per heavy atom. The van der Waals surface area contributed by atoms with Crippen molar-refractivity contribution >= 4 is 5.91 Å². The molecular weight excluding hydrogens is 262 g/mol. The van der Waals surface area contributed by atoms with Crippen LogP contribution in [-0.2, 0) is 4.79 Å². The van der Waals surface area contributed by atoms with E-state index >= 15 is 0 Å². The molecule has 1 fully saturated rings. The summed E-state index contributed by atoms with van der Waals surface area (Å²) in [4.78, 5) is 16.5. The van der Waals surface area contributed by atoms with Crippen LogP contribution in [-0.4, -0.2) is 48.9 Å². The van der Waals surface area contributed by atoms with Gasteiger partial charge in [0, 0.05) is 31.6 Å². The van der Waals surface area contributed by atoms with Gasteiger partial charge in [0.25, 0.3) is 0 Å². The Hall–Kier alpha value is -1.39. The second-order valence-electron chi connectivity index (χ2n) is 6.13. The Morgan fingerprint density at radius 1 is 1.29 bits per heavy atom. The van der Waals surface area contributed by atoms with E-state index in [-0.39, 0.29) is 11.9 Å². The number of rotatable bonds is 5. The molecule has 2 rings (SSSR count). The Bertz CT molecular complexity index is 439. The predicted molar refractivity (Wildman–Crippen MR) is 85.9 cm³/mol. The normalized spacial score (nSPS) is 18.0. The zero-order valence-corrected chi connectivity index (χ0v) is 13.2. The first-order valence-electron chi connectivity index (χ1n) is 7.82. The van der Waals surface area contributed by atoms with E-state index in [1.54, 1.807) is 0 Å². The molecule has 1 heterocycles. The Kier molecular flexibility index (Phi) is 5.76. The van der Waals surface area contributed by atoms with Crippen LogP contribution < -0.4 is 5.73 Å². The van der Waals surface area contributed by atoms with Crippen molar-refractivity contribution in [2.75, 3.05) is 27.2 Å². The van der Waals surface area contributed by atoms with Gasteiger partial charge < -0.3 is 15.5 Å². The molecule has 1 unspecified atom stereocenters. The number of benzene rings is 1.